The first-order valence-corrected chi connectivity index (χ1v) is 9.57. The van der Waals surface area contributed by atoms with Gasteiger partial charge in [0.05, 0.1) is 4.90 Å². The fraction of sp³-hybridized carbons (Fsp3) is 0.588. The minimum absolute atomic E-state index is 0.105. The molecule has 1 aromatic carbocycles. The quantitative estimate of drug-likeness (QED) is 0.803. The molecule has 3 rings (SSSR count). The number of carbonyl (C=O) groups is 1. The van der Waals surface area contributed by atoms with E-state index in [1.165, 1.54) is 19.4 Å². The molecule has 1 aliphatic heterocycles. The molecule has 0 N–H and O–H groups in total. The predicted octanol–water partition coefficient (Wildman–Crippen LogP) is 3.23. The summed E-state index contributed by atoms with van der Waals surface area (Å²) in [6.07, 6.45) is 6.52. The molecule has 2 atom stereocenters. The summed E-state index contributed by atoms with van der Waals surface area (Å²) in [6.45, 7) is 2.07. The highest BCUT2D eigenvalue weighted by molar-refractivity contribution is 7.89. The Morgan fingerprint density at radius 1 is 1.14 bits per heavy atom. The van der Waals surface area contributed by atoms with Crippen molar-refractivity contribution in [1.29, 1.82) is 0 Å². The molecule has 1 aliphatic carbocycles. The van der Waals surface area contributed by atoms with Gasteiger partial charge in [-0.3, -0.25) is 4.79 Å². The van der Waals surface area contributed by atoms with Crippen LogP contribution in [0.25, 0.3) is 0 Å². The van der Waals surface area contributed by atoms with Crippen LogP contribution in [0.2, 0.25) is 0 Å². The number of piperidine rings is 1. The lowest BCUT2D eigenvalue weighted by Gasteiger charge is -2.43. The van der Waals surface area contributed by atoms with Gasteiger partial charge in [0.25, 0.3) is 0 Å². The maximum atomic E-state index is 13.0. The Labute approximate surface area is 132 Å². The Morgan fingerprint density at radius 2 is 1.86 bits per heavy atom. The van der Waals surface area contributed by atoms with Gasteiger partial charge >= 0.3 is 0 Å². The number of nitrogens with zero attached hydrogens (tertiary/aromatic N) is 1. The molecule has 0 aromatic heterocycles. The summed E-state index contributed by atoms with van der Waals surface area (Å²) in [5, 5.41) is 0. The first kappa shape index (κ1) is 15.7. The van der Waals surface area contributed by atoms with E-state index in [2.05, 4.69) is 0 Å². The number of benzene rings is 1. The molecule has 22 heavy (non-hydrogen) atoms. The Hall–Kier alpha value is -1.20. The molecule has 2 aliphatic rings. The topological polar surface area (TPSA) is 54.5 Å². The smallest absolute Gasteiger partial charge is 0.243 e. The Kier molecular flexibility index (Phi) is 4.37. The molecule has 1 heterocycles. The minimum atomic E-state index is -3.51. The lowest BCUT2D eigenvalue weighted by molar-refractivity contribution is 0.101. The van der Waals surface area contributed by atoms with Crippen molar-refractivity contribution < 1.29 is 13.2 Å². The van der Waals surface area contributed by atoms with Crippen molar-refractivity contribution in [2.75, 3.05) is 6.54 Å². The molecule has 0 amide bonds. The van der Waals surface area contributed by atoms with E-state index in [-0.39, 0.29) is 16.7 Å². The van der Waals surface area contributed by atoms with Crippen LogP contribution in [0, 0.1) is 5.92 Å². The second kappa shape index (κ2) is 6.13. The van der Waals surface area contributed by atoms with Gasteiger partial charge in [0.15, 0.2) is 5.78 Å². The number of ketones is 1. The van der Waals surface area contributed by atoms with Crippen LogP contribution in [0.3, 0.4) is 0 Å². The third kappa shape index (κ3) is 2.84. The van der Waals surface area contributed by atoms with Crippen molar-refractivity contribution in [3.8, 4) is 0 Å². The molecule has 0 bridgehead atoms. The maximum Gasteiger partial charge on any atom is 0.243 e. The summed E-state index contributed by atoms with van der Waals surface area (Å²) < 4.78 is 27.8. The van der Waals surface area contributed by atoms with Gasteiger partial charge in [-0.05, 0) is 50.7 Å². The molecule has 4 nitrogen and oxygen atoms in total. The Bertz CT molecular complexity index is 666. The van der Waals surface area contributed by atoms with Crippen LogP contribution < -0.4 is 0 Å². The summed E-state index contributed by atoms with van der Waals surface area (Å²) in [7, 11) is -3.51. The summed E-state index contributed by atoms with van der Waals surface area (Å²) >= 11 is 0. The molecular weight excluding hydrogens is 298 g/mol. The zero-order valence-corrected chi connectivity index (χ0v) is 13.8. The van der Waals surface area contributed by atoms with Crippen LogP contribution in [-0.4, -0.2) is 31.1 Å². The average Bonchev–Trinajstić information content (AvgIpc) is 2.54. The fourth-order valence-electron chi connectivity index (χ4n) is 3.89. The first-order chi connectivity index (χ1) is 10.5. The second-order valence-electron chi connectivity index (χ2n) is 6.45. The van der Waals surface area contributed by atoms with Crippen molar-refractivity contribution in [1.82, 2.24) is 4.31 Å². The van der Waals surface area contributed by atoms with E-state index in [4.69, 9.17) is 0 Å². The monoisotopic (exact) mass is 321 g/mol. The number of Topliss-reactive ketones (excluding diaryl/α,β-unsaturated/α-hetero) is 1. The number of rotatable bonds is 3. The molecule has 2 unspecified atom stereocenters. The van der Waals surface area contributed by atoms with E-state index in [9.17, 15) is 13.2 Å². The predicted molar refractivity (Wildman–Crippen MR) is 85.3 cm³/mol. The fourth-order valence-corrected chi connectivity index (χ4v) is 5.69. The number of sulfonamides is 1. The van der Waals surface area contributed by atoms with Gasteiger partial charge in [0.2, 0.25) is 10.0 Å². The SMILES string of the molecule is CC(=O)c1cccc(S(=O)(=O)N2CCCC3CCCCC32)c1. The zero-order chi connectivity index (χ0) is 15.7. The van der Waals surface area contributed by atoms with E-state index in [0.717, 1.165) is 32.1 Å². The highest BCUT2D eigenvalue weighted by Gasteiger charge is 2.39. The number of hydrogen-bond donors (Lipinski definition) is 0. The van der Waals surface area contributed by atoms with Crippen LogP contribution >= 0.6 is 0 Å². The van der Waals surface area contributed by atoms with Gasteiger partial charge in [-0.1, -0.05) is 25.0 Å². The highest BCUT2D eigenvalue weighted by Crippen LogP contribution is 2.38. The lowest BCUT2D eigenvalue weighted by Crippen LogP contribution is -2.49. The molecule has 120 valence electrons. The van der Waals surface area contributed by atoms with Crippen molar-refractivity contribution in [3.05, 3.63) is 29.8 Å². The minimum Gasteiger partial charge on any atom is -0.295 e. The molecule has 1 aromatic rings. The van der Waals surface area contributed by atoms with Gasteiger partial charge in [0, 0.05) is 18.2 Å². The van der Waals surface area contributed by atoms with E-state index in [1.807, 2.05) is 0 Å². The number of fused-ring (bicyclic) bond motifs is 1. The van der Waals surface area contributed by atoms with E-state index in [0.29, 0.717) is 18.0 Å². The van der Waals surface area contributed by atoms with Crippen LogP contribution in [0.1, 0.15) is 55.8 Å². The van der Waals surface area contributed by atoms with Crippen molar-refractivity contribution in [2.45, 2.75) is 56.4 Å². The zero-order valence-electron chi connectivity index (χ0n) is 13.0. The molecule has 1 saturated carbocycles. The summed E-state index contributed by atoms with van der Waals surface area (Å²) in [5.74, 6) is 0.402. The van der Waals surface area contributed by atoms with Crippen LogP contribution in [0.4, 0.5) is 0 Å². The van der Waals surface area contributed by atoms with Crippen molar-refractivity contribution in [2.24, 2.45) is 5.92 Å². The summed E-state index contributed by atoms with van der Waals surface area (Å²) in [4.78, 5) is 11.8. The standard InChI is InChI=1S/C17H23NO3S/c1-13(19)15-7-4-9-16(12-15)22(20,21)18-11-5-8-14-6-2-3-10-17(14)18/h4,7,9,12,14,17H,2-3,5-6,8,10-11H2,1H3. The number of hydrogen-bond acceptors (Lipinski definition) is 3. The van der Waals surface area contributed by atoms with Gasteiger partial charge in [-0.2, -0.15) is 4.31 Å². The van der Waals surface area contributed by atoms with E-state index < -0.39 is 10.0 Å². The van der Waals surface area contributed by atoms with Gasteiger partial charge in [-0.15, -0.1) is 0 Å². The normalized spacial score (nSPS) is 26.4. The first-order valence-electron chi connectivity index (χ1n) is 8.13. The Balaban J connectivity index is 1.94. The van der Waals surface area contributed by atoms with Crippen LogP contribution in [0.15, 0.2) is 29.2 Å². The average molecular weight is 321 g/mol. The van der Waals surface area contributed by atoms with Crippen molar-refractivity contribution in [3.63, 3.8) is 0 Å². The van der Waals surface area contributed by atoms with E-state index in [1.54, 1.807) is 22.5 Å². The molecule has 2 fully saturated rings. The molecule has 5 heteroatoms. The highest BCUT2D eigenvalue weighted by atomic mass is 32.2. The second-order valence-corrected chi connectivity index (χ2v) is 8.34. The molecule has 0 spiro atoms. The molecular formula is C17H23NO3S. The summed E-state index contributed by atoms with van der Waals surface area (Å²) in [5.41, 5.74) is 0.457. The largest absolute Gasteiger partial charge is 0.295 e. The maximum absolute atomic E-state index is 13.0. The van der Waals surface area contributed by atoms with Gasteiger partial charge < -0.3 is 0 Å². The molecule has 0 radical (unpaired) electrons. The Morgan fingerprint density at radius 3 is 2.64 bits per heavy atom. The summed E-state index contributed by atoms with van der Waals surface area (Å²) in [6, 6.07) is 6.60. The molecule has 1 saturated heterocycles. The lowest BCUT2D eigenvalue weighted by atomic mass is 9.79. The van der Waals surface area contributed by atoms with Crippen LogP contribution in [0.5, 0.6) is 0 Å². The van der Waals surface area contributed by atoms with Crippen LogP contribution in [-0.2, 0) is 10.0 Å². The van der Waals surface area contributed by atoms with Crippen molar-refractivity contribution >= 4 is 15.8 Å². The third-order valence-electron chi connectivity index (χ3n) is 5.04. The van der Waals surface area contributed by atoms with E-state index >= 15 is 0 Å². The third-order valence-corrected chi connectivity index (χ3v) is 6.96. The van der Waals surface area contributed by atoms with Gasteiger partial charge in [0.1, 0.15) is 0 Å². The van der Waals surface area contributed by atoms with Gasteiger partial charge in [-0.25, -0.2) is 8.42 Å². The number of carbonyl (C=O) groups excluding carboxylic acids is 1.